The van der Waals surface area contributed by atoms with E-state index in [9.17, 15) is 9.18 Å². The van der Waals surface area contributed by atoms with Gasteiger partial charge in [-0.25, -0.2) is 14.0 Å². The third-order valence-corrected chi connectivity index (χ3v) is 4.70. The van der Waals surface area contributed by atoms with E-state index in [4.69, 9.17) is 10.4 Å². The second-order valence-electron chi connectivity index (χ2n) is 6.90. The van der Waals surface area contributed by atoms with Gasteiger partial charge in [-0.3, -0.25) is 4.79 Å². The Morgan fingerprint density at radius 3 is 2.96 bits per heavy atom. The molecule has 28 heavy (non-hydrogen) atoms. The average Bonchev–Trinajstić information content (AvgIpc) is 3.13. The lowest BCUT2D eigenvalue weighted by Crippen LogP contribution is -2.39. The van der Waals surface area contributed by atoms with Crippen LogP contribution in [0.3, 0.4) is 0 Å². The quantitative estimate of drug-likeness (QED) is 0.604. The molecule has 0 bridgehead atoms. The number of hydrogen-bond acceptors (Lipinski definition) is 6. The van der Waals surface area contributed by atoms with Crippen LogP contribution >= 0.6 is 0 Å². The topological polar surface area (TPSA) is 110 Å². The average molecular weight is 386 g/mol. The van der Waals surface area contributed by atoms with Crippen LogP contribution in [-0.2, 0) is 4.79 Å². The van der Waals surface area contributed by atoms with Crippen LogP contribution in [0.15, 0.2) is 40.1 Å². The number of allylic oxidation sites excluding steroid dienone is 1. The van der Waals surface area contributed by atoms with Crippen LogP contribution in [-0.4, -0.2) is 40.0 Å². The highest BCUT2D eigenvalue weighted by molar-refractivity contribution is 6.04. The van der Waals surface area contributed by atoms with Crippen molar-refractivity contribution in [1.29, 1.82) is 0 Å². The number of carbonyl (C=O) groups excluding carboxylic acids is 1. The van der Waals surface area contributed by atoms with Gasteiger partial charge in [0.1, 0.15) is 5.82 Å². The fraction of sp³-hybridized carbons (Fsp3) is 0.368. The Hall–Kier alpha value is -3.23. The maximum Gasteiger partial charge on any atom is 0.230 e. The second kappa shape index (κ2) is 8.20. The largest absolute Gasteiger partial charge is 0.382 e. The predicted molar refractivity (Wildman–Crippen MR) is 104 cm³/mol. The van der Waals surface area contributed by atoms with Gasteiger partial charge >= 0.3 is 0 Å². The van der Waals surface area contributed by atoms with E-state index in [0.717, 1.165) is 25.1 Å². The lowest BCUT2D eigenvalue weighted by Gasteiger charge is -2.33. The van der Waals surface area contributed by atoms with Crippen LogP contribution in [0.4, 0.5) is 15.9 Å². The lowest BCUT2D eigenvalue weighted by molar-refractivity contribution is -0.121. The van der Waals surface area contributed by atoms with Crippen molar-refractivity contribution >= 4 is 23.2 Å². The molecule has 1 fully saturated rings. The van der Waals surface area contributed by atoms with E-state index >= 15 is 0 Å². The zero-order valence-corrected chi connectivity index (χ0v) is 15.9. The van der Waals surface area contributed by atoms with Crippen molar-refractivity contribution in [2.24, 2.45) is 16.6 Å². The molecule has 0 spiro atoms. The van der Waals surface area contributed by atoms with E-state index in [1.54, 1.807) is 13.0 Å². The number of nitrogens with zero attached hydrogens (tertiary/aromatic N) is 4. The van der Waals surface area contributed by atoms with Gasteiger partial charge in [-0.2, -0.15) is 0 Å². The summed E-state index contributed by atoms with van der Waals surface area (Å²) in [5.74, 6) is -0.599. The molecule has 0 saturated carbocycles. The summed E-state index contributed by atoms with van der Waals surface area (Å²) < 4.78 is 18.1. The van der Waals surface area contributed by atoms with Crippen LogP contribution in [0, 0.1) is 18.7 Å². The van der Waals surface area contributed by atoms with Gasteiger partial charge in [-0.1, -0.05) is 6.58 Å². The van der Waals surface area contributed by atoms with E-state index < -0.39 is 0 Å². The van der Waals surface area contributed by atoms with Gasteiger partial charge < -0.3 is 16.0 Å². The first kappa shape index (κ1) is 19.5. The molecule has 2 aromatic rings. The van der Waals surface area contributed by atoms with Gasteiger partial charge in [-0.05, 0) is 60.8 Å². The Balaban J connectivity index is 1.74. The molecule has 1 aromatic carbocycles. The summed E-state index contributed by atoms with van der Waals surface area (Å²) in [5, 5.41) is 10.2. The number of nitrogens with two attached hydrogens (primary N) is 1. The minimum absolute atomic E-state index is 0.00904. The number of piperidine rings is 1. The molecule has 0 aliphatic carbocycles. The number of nitrogens with one attached hydrogen (secondary N) is 1. The number of likely N-dealkylation sites (tertiary alicyclic amines) is 1. The fourth-order valence-electron chi connectivity index (χ4n) is 3.09. The van der Waals surface area contributed by atoms with E-state index in [0.29, 0.717) is 17.8 Å². The monoisotopic (exact) mass is 386 g/mol. The number of aliphatic imine (C=N–C) groups is 1. The molecule has 1 aromatic heterocycles. The van der Waals surface area contributed by atoms with Crippen molar-refractivity contribution in [1.82, 2.24) is 15.2 Å². The highest BCUT2D eigenvalue weighted by atomic mass is 19.1. The third kappa shape index (κ3) is 4.36. The molecular weight excluding hydrogens is 363 g/mol. The Kier molecular flexibility index (Phi) is 5.72. The second-order valence-corrected chi connectivity index (χ2v) is 6.90. The molecule has 1 saturated heterocycles. The Bertz CT molecular complexity index is 923. The van der Waals surface area contributed by atoms with E-state index in [-0.39, 0.29) is 35.0 Å². The minimum atomic E-state index is -0.329. The van der Waals surface area contributed by atoms with E-state index in [2.05, 4.69) is 32.1 Å². The molecule has 1 unspecified atom stereocenters. The number of anilines is 1. The lowest BCUT2D eigenvalue weighted by atomic mass is 9.97. The van der Waals surface area contributed by atoms with Crippen LogP contribution in [0.2, 0.25) is 0 Å². The van der Waals surface area contributed by atoms with Crippen LogP contribution in [0.25, 0.3) is 0 Å². The maximum atomic E-state index is 13.4. The Morgan fingerprint density at radius 2 is 2.25 bits per heavy atom. The smallest absolute Gasteiger partial charge is 0.230 e. The Labute approximate surface area is 162 Å². The highest BCUT2D eigenvalue weighted by Crippen LogP contribution is 2.22. The van der Waals surface area contributed by atoms with Crippen molar-refractivity contribution in [3.63, 3.8) is 0 Å². The molecule has 1 aliphatic heterocycles. The maximum absolute atomic E-state index is 13.4. The molecule has 8 nitrogen and oxygen atoms in total. The van der Waals surface area contributed by atoms with Crippen molar-refractivity contribution in [2.75, 3.05) is 18.4 Å². The Morgan fingerprint density at radius 1 is 1.46 bits per heavy atom. The van der Waals surface area contributed by atoms with Gasteiger partial charge in [0.05, 0.1) is 11.6 Å². The molecule has 148 valence electrons. The standard InChI is InChI=1S/C19H23FN6O2/c1-11(2)26-8-4-5-13(10-26)19(27)23-18-16(24-28-25-18)17(21)22-14-6-7-15(20)12(3)9-14/h6-7,9,13H,1,4-5,8,10H2,2-3H3,(H2,21,22)(H,23,25,27). The highest BCUT2D eigenvalue weighted by Gasteiger charge is 2.27. The van der Waals surface area contributed by atoms with Crippen LogP contribution in [0.5, 0.6) is 0 Å². The van der Waals surface area contributed by atoms with Crippen LogP contribution < -0.4 is 11.1 Å². The van der Waals surface area contributed by atoms with Gasteiger partial charge in [0.2, 0.25) is 11.7 Å². The zero-order chi connectivity index (χ0) is 20.3. The molecule has 0 radical (unpaired) electrons. The first-order valence-electron chi connectivity index (χ1n) is 8.99. The number of carbonyl (C=O) groups is 1. The first-order chi connectivity index (χ1) is 13.3. The molecular formula is C19H23FN6O2. The zero-order valence-electron chi connectivity index (χ0n) is 15.9. The third-order valence-electron chi connectivity index (χ3n) is 4.70. The number of aromatic nitrogens is 2. The first-order valence-corrected chi connectivity index (χ1v) is 8.99. The van der Waals surface area contributed by atoms with E-state index in [1.165, 1.54) is 12.1 Å². The molecule has 2 heterocycles. The molecule has 1 atom stereocenters. The fourth-order valence-corrected chi connectivity index (χ4v) is 3.09. The van der Waals surface area contributed by atoms with Crippen molar-refractivity contribution in [3.8, 4) is 0 Å². The number of aryl methyl sites for hydroxylation is 1. The van der Waals surface area contributed by atoms with Gasteiger partial charge in [0.15, 0.2) is 11.5 Å². The SMILES string of the molecule is C=C(C)N1CCCC(C(=O)Nc2nonc2C(N)=Nc2ccc(F)c(C)c2)C1. The number of halogens is 1. The van der Waals surface area contributed by atoms with Gasteiger partial charge in [-0.15, -0.1) is 0 Å². The number of amides is 1. The normalized spacial score (nSPS) is 17.5. The summed E-state index contributed by atoms with van der Waals surface area (Å²) in [5.41, 5.74) is 7.97. The van der Waals surface area contributed by atoms with E-state index in [1.807, 2.05) is 6.92 Å². The molecule has 3 N–H and O–H groups in total. The predicted octanol–water partition coefficient (Wildman–Crippen LogP) is 2.74. The number of rotatable bonds is 5. The van der Waals surface area contributed by atoms with Crippen molar-refractivity contribution < 1.29 is 13.8 Å². The molecule has 1 aliphatic rings. The summed E-state index contributed by atoms with van der Waals surface area (Å²) in [7, 11) is 0. The minimum Gasteiger partial charge on any atom is -0.382 e. The van der Waals surface area contributed by atoms with Crippen LogP contribution in [0.1, 0.15) is 31.0 Å². The van der Waals surface area contributed by atoms with Gasteiger partial charge in [0, 0.05) is 18.8 Å². The van der Waals surface area contributed by atoms with Crippen molar-refractivity contribution in [3.05, 3.63) is 47.5 Å². The molecule has 1 amide bonds. The number of hydrogen-bond donors (Lipinski definition) is 2. The summed E-state index contributed by atoms with van der Waals surface area (Å²) in [6, 6.07) is 4.36. The molecule has 3 rings (SSSR count). The van der Waals surface area contributed by atoms with Gasteiger partial charge in [0.25, 0.3) is 0 Å². The summed E-state index contributed by atoms with van der Waals surface area (Å²) in [6.45, 7) is 8.99. The number of amidine groups is 1. The number of benzene rings is 1. The summed E-state index contributed by atoms with van der Waals surface area (Å²) in [6.07, 6.45) is 1.68. The molecule has 9 heteroatoms. The summed E-state index contributed by atoms with van der Waals surface area (Å²) >= 11 is 0. The summed E-state index contributed by atoms with van der Waals surface area (Å²) in [4.78, 5) is 18.9. The van der Waals surface area contributed by atoms with Crippen molar-refractivity contribution in [2.45, 2.75) is 26.7 Å².